The van der Waals surface area contributed by atoms with E-state index in [0.717, 1.165) is 57.9 Å². The molecule has 168 valence electrons. The minimum Gasteiger partial charge on any atom is -0.354 e. The average Bonchev–Trinajstić information content (AvgIpc) is 3.26. The molecule has 2 aliphatic rings. The molecule has 2 N–H and O–H groups in total. The first-order valence-corrected chi connectivity index (χ1v) is 11.7. The Hall–Kier alpha value is -1.65. The van der Waals surface area contributed by atoms with Crippen molar-refractivity contribution < 1.29 is 4.79 Å². The smallest absolute Gasteiger partial charge is 0.242 e. The van der Waals surface area contributed by atoms with Gasteiger partial charge in [-0.3, -0.25) is 14.7 Å². The van der Waals surface area contributed by atoms with Crippen LogP contribution in [0, 0.1) is 0 Å². The molecule has 0 bridgehead atoms. The molecule has 0 aliphatic carbocycles. The van der Waals surface area contributed by atoms with Crippen molar-refractivity contribution in [1.82, 2.24) is 20.4 Å². The molecule has 0 saturated carbocycles. The minimum atomic E-state index is 0. The summed E-state index contributed by atoms with van der Waals surface area (Å²) in [5, 5.41) is 8.84. The number of fused-ring (bicyclic) bond motifs is 1. The van der Waals surface area contributed by atoms with Crippen molar-refractivity contribution in [3.8, 4) is 0 Å². The van der Waals surface area contributed by atoms with Gasteiger partial charge in [0.1, 0.15) is 0 Å². The van der Waals surface area contributed by atoms with Gasteiger partial charge in [-0.05, 0) is 41.8 Å². The minimum absolute atomic E-state index is 0. The predicted molar refractivity (Wildman–Crippen MR) is 138 cm³/mol. The van der Waals surface area contributed by atoms with E-state index < -0.39 is 0 Å². The molecule has 2 aromatic rings. The molecular weight excluding hydrogens is 521 g/mol. The number of aliphatic imine (C=N–C) groups is 1. The number of thiophene rings is 1. The van der Waals surface area contributed by atoms with Crippen molar-refractivity contribution >= 4 is 47.2 Å². The molecule has 0 atom stereocenters. The van der Waals surface area contributed by atoms with Crippen LogP contribution in [0.15, 0.2) is 46.8 Å². The summed E-state index contributed by atoms with van der Waals surface area (Å²) in [6.07, 6.45) is 3.12. The molecule has 0 unspecified atom stereocenters. The van der Waals surface area contributed by atoms with Crippen LogP contribution >= 0.6 is 35.3 Å². The number of hydrogen-bond acceptors (Lipinski definition) is 4. The Bertz CT molecular complexity index is 864. The lowest BCUT2D eigenvalue weighted by molar-refractivity contribution is -0.130. The van der Waals surface area contributed by atoms with Gasteiger partial charge in [-0.1, -0.05) is 30.3 Å². The highest BCUT2D eigenvalue weighted by molar-refractivity contribution is 14.0. The van der Waals surface area contributed by atoms with Crippen LogP contribution in [-0.4, -0.2) is 60.9 Å². The maximum atomic E-state index is 12.6. The van der Waals surface area contributed by atoms with Crippen LogP contribution in [0.25, 0.3) is 0 Å². The number of likely N-dealkylation sites (tertiary alicyclic amines) is 1. The number of amides is 1. The van der Waals surface area contributed by atoms with Gasteiger partial charge in [0.2, 0.25) is 5.91 Å². The zero-order chi connectivity index (χ0) is 20.8. The van der Waals surface area contributed by atoms with E-state index in [1.54, 1.807) is 18.4 Å². The summed E-state index contributed by atoms with van der Waals surface area (Å²) < 4.78 is 0. The van der Waals surface area contributed by atoms with Gasteiger partial charge in [0, 0.05) is 50.7 Å². The summed E-state index contributed by atoms with van der Waals surface area (Å²) >= 11 is 1.79. The first-order valence-electron chi connectivity index (χ1n) is 10.8. The molecule has 1 aromatic carbocycles. The summed E-state index contributed by atoms with van der Waals surface area (Å²) in [4.78, 5) is 22.8. The lowest BCUT2D eigenvalue weighted by Gasteiger charge is -2.33. The molecule has 6 nitrogen and oxygen atoms in total. The number of benzene rings is 1. The molecule has 1 fully saturated rings. The fourth-order valence-electron chi connectivity index (χ4n) is 4.20. The Balaban J connectivity index is 0.00000272. The van der Waals surface area contributed by atoms with Gasteiger partial charge in [0.25, 0.3) is 0 Å². The van der Waals surface area contributed by atoms with E-state index in [0.29, 0.717) is 6.04 Å². The Morgan fingerprint density at radius 2 is 1.94 bits per heavy atom. The van der Waals surface area contributed by atoms with E-state index in [1.165, 1.54) is 16.0 Å². The topological polar surface area (TPSA) is 60.0 Å². The quantitative estimate of drug-likeness (QED) is 0.340. The Labute approximate surface area is 206 Å². The molecule has 0 radical (unpaired) electrons. The zero-order valence-corrected chi connectivity index (χ0v) is 21.2. The monoisotopic (exact) mass is 553 g/mol. The summed E-state index contributed by atoms with van der Waals surface area (Å²) in [5.74, 6) is 0.852. The van der Waals surface area contributed by atoms with E-state index in [9.17, 15) is 4.79 Å². The molecule has 1 amide bonds. The van der Waals surface area contributed by atoms with Crippen molar-refractivity contribution in [2.45, 2.75) is 38.4 Å². The van der Waals surface area contributed by atoms with E-state index >= 15 is 0 Å². The fourth-order valence-corrected chi connectivity index (χ4v) is 5.09. The lowest BCUT2D eigenvalue weighted by Crippen LogP contribution is -2.50. The summed E-state index contributed by atoms with van der Waals surface area (Å²) in [6, 6.07) is 13.2. The maximum Gasteiger partial charge on any atom is 0.242 e. The Morgan fingerprint density at radius 3 is 2.68 bits per heavy atom. The third kappa shape index (κ3) is 6.66. The number of rotatable bonds is 5. The largest absolute Gasteiger partial charge is 0.354 e. The molecular formula is C23H32IN5OS. The number of halogens is 1. The fraction of sp³-hybridized carbons (Fsp3) is 0.478. The van der Waals surface area contributed by atoms with Gasteiger partial charge >= 0.3 is 0 Å². The number of nitrogens with zero attached hydrogens (tertiary/aromatic N) is 3. The molecule has 31 heavy (non-hydrogen) atoms. The van der Waals surface area contributed by atoms with Gasteiger partial charge < -0.3 is 15.5 Å². The average molecular weight is 554 g/mol. The Morgan fingerprint density at radius 1 is 1.16 bits per heavy atom. The predicted octanol–water partition coefficient (Wildman–Crippen LogP) is 3.08. The van der Waals surface area contributed by atoms with Gasteiger partial charge in [0.05, 0.1) is 6.54 Å². The molecule has 1 aromatic heterocycles. The third-order valence-electron chi connectivity index (χ3n) is 5.97. The number of piperidine rings is 1. The van der Waals surface area contributed by atoms with Crippen LogP contribution in [-0.2, 0) is 24.3 Å². The van der Waals surface area contributed by atoms with E-state index in [4.69, 9.17) is 0 Å². The number of guanidine groups is 1. The van der Waals surface area contributed by atoms with E-state index in [1.807, 2.05) is 4.90 Å². The summed E-state index contributed by atoms with van der Waals surface area (Å²) in [6.45, 7) is 4.96. The molecule has 0 spiro atoms. The van der Waals surface area contributed by atoms with Crippen LogP contribution in [0.5, 0.6) is 0 Å². The number of carbonyl (C=O) groups is 1. The van der Waals surface area contributed by atoms with E-state index in [2.05, 4.69) is 62.3 Å². The third-order valence-corrected chi connectivity index (χ3v) is 6.99. The van der Waals surface area contributed by atoms with Crippen molar-refractivity contribution in [3.05, 3.63) is 57.8 Å². The number of hydrogen-bond donors (Lipinski definition) is 2. The number of nitrogens with one attached hydrogen (secondary N) is 2. The molecule has 3 heterocycles. The second-order valence-corrected chi connectivity index (χ2v) is 9.04. The number of carbonyl (C=O) groups excluding carboxylic acids is 1. The molecule has 1 saturated heterocycles. The van der Waals surface area contributed by atoms with Crippen molar-refractivity contribution in [1.29, 1.82) is 0 Å². The van der Waals surface area contributed by atoms with Gasteiger partial charge in [-0.2, -0.15) is 0 Å². The van der Waals surface area contributed by atoms with Crippen molar-refractivity contribution in [2.75, 3.05) is 33.2 Å². The van der Waals surface area contributed by atoms with Crippen LogP contribution in [0.4, 0.5) is 0 Å². The van der Waals surface area contributed by atoms with Gasteiger partial charge in [0.15, 0.2) is 5.96 Å². The van der Waals surface area contributed by atoms with Gasteiger partial charge in [-0.25, -0.2) is 0 Å². The van der Waals surface area contributed by atoms with Crippen LogP contribution in [0.3, 0.4) is 0 Å². The van der Waals surface area contributed by atoms with Crippen LogP contribution in [0.1, 0.15) is 28.8 Å². The lowest BCUT2D eigenvalue weighted by atomic mass is 10.0. The summed E-state index contributed by atoms with van der Waals surface area (Å²) in [5.41, 5.74) is 2.66. The molecule has 8 heteroatoms. The van der Waals surface area contributed by atoms with Crippen LogP contribution < -0.4 is 10.6 Å². The summed E-state index contributed by atoms with van der Waals surface area (Å²) in [7, 11) is 1.77. The normalized spacial score (nSPS) is 17.6. The van der Waals surface area contributed by atoms with Crippen LogP contribution in [0.2, 0.25) is 0 Å². The van der Waals surface area contributed by atoms with Gasteiger partial charge in [-0.15, -0.1) is 35.3 Å². The molecule has 4 rings (SSSR count). The second-order valence-electron chi connectivity index (χ2n) is 8.04. The zero-order valence-electron chi connectivity index (χ0n) is 18.0. The highest BCUT2D eigenvalue weighted by Crippen LogP contribution is 2.23. The van der Waals surface area contributed by atoms with E-state index in [-0.39, 0.29) is 36.4 Å². The second kappa shape index (κ2) is 11.8. The van der Waals surface area contributed by atoms with Crippen molar-refractivity contribution in [3.63, 3.8) is 0 Å². The highest BCUT2D eigenvalue weighted by Gasteiger charge is 2.23. The SMILES string of the molecule is CN=C(NCC(=O)N1CCc2sccc2C1)NC1CCN(Cc2ccccc2)CC1.I. The Kier molecular flexibility index (Phi) is 9.15. The first-order chi connectivity index (χ1) is 14.7. The molecule has 2 aliphatic heterocycles. The maximum absolute atomic E-state index is 12.6. The highest BCUT2D eigenvalue weighted by atomic mass is 127. The standard InChI is InChI=1S/C23H31N5OS.HI/c1-24-23(25-15-22(29)28-13-9-21-19(17-28)10-14-30-21)26-20-7-11-27(12-8-20)16-18-5-3-2-4-6-18;/h2-6,10,14,20H,7-9,11-13,15-17H2,1H3,(H2,24,25,26);1H. The van der Waals surface area contributed by atoms with Crippen molar-refractivity contribution in [2.24, 2.45) is 4.99 Å². The first kappa shape index (κ1) is 24.0.